The van der Waals surface area contributed by atoms with Gasteiger partial charge in [-0.3, -0.25) is 19.7 Å². The number of rotatable bonds is 2. The first-order valence-electron chi connectivity index (χ1n) is 8.99. The van der Waals surface area contributed by atoms with E-state index in [0.717, 1.165) is 30.6 Å². The highest BCUT2D eigenvalue weighted by molar-refractivity contribution is 6.05. The molecule has 3 heterocycles. The lowest BCUT2D eigenvalue weighted by Gasteiger charge is -2.30. The third-order valence-electron chi connectivity index (χ3n) is 5.65. The summed E-state index contributed by atoms with van der Waals surface area (Å²) in [6.45, 7) is 2.60. The Morgan fingerprint density at radius 1 is 1.16 bits per heavy atom. The zero-order valence-electron chi connectivity index (χ0n) is 14.5. The Hall–Kier alpha value is -2.21. The molecule has 25 heavy (non-hydrogen) atoms. The Kier molecular flexibility index (Phi) is 4.07. The van der Waals surface area contributed by atoms with Crippen molar-refractivity contribution in [1.29, 1.82) is 0 Å². The standard InChI is InChI=1S/C19H23N3O3/c1-21-8-2-3-13(10-21)12-4-5-14-11-22(19(25)15(14)9-12)16-6-7-17(23)20-18(16)24/h4-5,9,13,16H,2-3,6-8,10-11H2,1H3,(H,20,23,24). The van der Waals surface area contributed by atoms with Crippen LogP contribution in [0.2, 0.25) is 0 Å². The molecule has 1 aromatic carbocycles. The van der Waals surface area contributed by atoms with E-state index >= 15 is 0 Å². The van der Waals surface area contributed by atoms with Gasteiger partial charge < -0.3 is 9.80 Å². The van der Waals surface area contributed by atoms with Gasteiger partial charge in [-0.15, -0.1) is 0 Å². The fourth-order valence-corrected chi connectivity index (χ4v) is 4.26. The number of hydrogen-bond donors (Lipinski definition) is 1. The largest absolute Gasteiger partial charge is 0.322 e. The van der Waals surface area contributed by atoms with Crippen molar-refractivity contribution in [3.8, 4) is 0 Å². The monoisotopic (exact) mass is 341 g/mol. The molecule has 3 amide bonds. The summed E-state index contributed by atoms with van der Waals surface area (Å²) in [5.41, 5.74) is 2.90. The number of carbonyl (C=O) groups excluding carboxylic acids is 3. The minimum Gasteiger partial charge on any atom is -0.322 e. The quantitative estimate of drug-likeness (QED) is 0.822. The molecule has 6 nitrogen and oxygen atoms in total. The molecular weight excluding hydrogens is 318 g/mol. The summed E-state index contributed by atoms with van der Waals surface area (Å²) in [6.07, 6.45) is 3.02. The van der Waals surface area contributed by atoms with Crippen molar-refractivity contribution in [3.05, 3.63) is 34.9 Å². The number of piperidine rings is 2. The van der Waals surface area contributed by atoms with Gasteiger partial charge in [-0.2, -0.15) is 0 Å². The number of imide groups is 1. The van der Waals surface area contributed by atoms with Crippen molar-refractivity contribution in [2.24, 2.45) is 0 Å². The molecule has 1 aromatic rings. The Labute approximate surface area is 147 Å². The van der Waals surface area contributed by atoms with Gasteiger partial charge >= 0.3 is 0 Å². The van der Waals surface area contributed by atoms with Gasteiger partial charge in [0, 0.05) is 25.1 Å². The molecule has 2 saturated heterocycles. The van der Waals surface area contributed by atoms with Crippen LogP contribution in [0.3, 0.4) is 0 Å². The van der Waals surface area contributed by atoms with E-state index in [1.807, 2.05) is 12.1 Å². The number of amides is 3. The Morgan fingerprint density at radius 3 is 2.76 bits per heavy atom. The van der Waals surface area contributed by atoms with E-state index in [9.17, 15) is 14.4 Å². The number of carbonyl (C=O) groups is 3. The topological polar surface area (TPSA) is 69.7 Å². The first-order chi connectivity index (χ1) is 12.0. The Morgan fingerprint density at radius 2 is 2.00 bits per heavy atom. The van der Waals surface area contributed by atoms with Gasteiger partial charge in [0.25, 0.3) is 5.91 Å². The van der Waals surface area contributed by atoms with Crippen LogP contribution in [-0.4, -0.2) is 53.7 Å². The molecule has 0 saturated carbocycles. The summed E-state index contributed by atoms with van der Waals surface area (Å²) in [4.78, 5) is 40.3. The van der Waals surface area contributed by atoms with Gasteiger partial charge in [0.15, 0.2) is 0 Å². The molecule has 1 N–H and O–H groups in total. The number of likely N-dealkylation sites (N-methyl/N-ethyl adjacent to an activating group) is 1. The van der Waals surface area contributed by atoms with Gasteiger partial charge in [-0.1, -0.05) is 12.1 Å². The molecule has 0 spiro atoms. The van der Waals surface area contributed by atoms with Gasteiger partial charge in [0.1, 0.15) is 6.04 Å². The van der Waals surface area contributed by atoms with E-state index < -0.39 is 6.04 Å². The summed E-state index contributed by atoms with van der Waals surface area (Å²) >= 11 is 0. The maximum Gasteiger partial charge on any atom is 0.255 e. The molecule has 4 rings (SSSR count). The number of nitrogens with zero attached hydrogens (tertiary/aromatic N) is 2. The smallest absolute Gasteiger partial charge is 0.255 e. The minimum atomic E-state index is -0.540. The fraction of sp³-hybridized carbons (Fsp3) is 0.526. The van der Waals surface area contributed by atoms with Crippen LogP contribution < -0.4 is 5.32 Å². The van der Waals surface area contributed by atoms with Crippen LogP contribution in [0.1, 0.15) is 53.1 Å². The molecule has 0 bridgehead atoms. The normalized spacial score (nSPS) is 27.4. The lowest BCUT2D eigenvalue weighted by Crippen LogP contribution is -2.52. The predicted molar refractivity (Wildman–Crippen MR) is 92.0 cm³/mol. The second-order valence-corrected chi connectivity index (χ2v) is 7.42. The van der Waals surface area contributed by atoms with Gasteiger partial charge in [0.2, 0.25) is 11.8 Å². The first kappa shape index (κ1) is 16.3. The number of benzene rings is 1. The summed E-state index contributed by atoms with van der Waals surface area (Å²) in [6, 6.07) is 5.64. The van der Waals surface area contributed by atoms with E-state index in [2.05, 4.69) is 23.3 Å². The molecule has 2 unspecified atom stereocenters. The van der Waals surface area contributed by atoms with Crippen molar-refractivity contribution in [2.45, 2.75) is 44.2 Å². The summed E-state index contributed by atoms with van der Waals surface area (Å²) in [5, 5.41) is 2.34. The van der Waals surface area contributed by atoms with Crippen LogP contribution in [0.25, 0.3) is 0 Å². The van der Waals surface area contributed by atoms with Crippen molar-refractivity contribution in [2.75, 3.05) is 20.1 Å². The maximum atomic E-state index is 12.9. The van der Waals surface area contributed by atoms with Crippen LogP contribution >= 0.6 is 0 Å². The molecule has 0 aliphatic carbocycles. The van der Waals surface area contributed by atoms with Crippen LogP contribution in [0.4, 0.5) is 0 Å². The number of hydrogen-bond acceptors (Lipinski definition) is 4. The molecule has 6 heteroatoms. The van der Waals surface area contributed by atoms with Crippen molar-refractivity contribution in [3.63, 3.8) is 0 Å². The van der Waals surface area contributed by atoms with Crippen LogP contribution in [0.5, 0.6) is 0 Å². The Balaban J connectivity index is 1.55. The number of likely N-dealkylation sites (tertiary alicyclic amines) is 1. The van der Waals surface area contributed by atoms with Crippen molar-refractivity contribution in [1.82, 2.24) is 15.1 Å². The third kappa shape index (κ3) is 2.95. The summed E-state index contributed by atoms with van der Waals surface area (Å²) in [5.74, 6) is -0.238. The predicted octanol–water partition coefficient (Wildman–Crippen LogP) is 1.26. The molecule has 2 atom stereocenters. The molecule has 3 aliphatic rings. The lowest BCUT2D eigenvalue weighted by atomic mass is 9.89. The summed E-state index contributed by atoms with van der Waals surface area (Å²) < 4.78 is 0. The average Bonchev–Trinajstić information content (AvgIpc) is 2.91. The molecular formula is C19H23N3O3. The number of fused-ring (bicyclic) bond motifs is 1. The highest BCUT2D eigenvalue weighted by Crippen LogP contribution is 2.32. The van der Waals surface area contributed by atoms with Crippen molar-refractivity contribution >= 4 is 17.7 Å². The average molecular weight is 341 g/mol. The Bertz CT molecular complexity index is 745. The molecule has 0 radical (unpaired) electrons. The van der Waals surface area contributed by atoms with Crippen LogP contribution in [-0.2, 0) is 16.1 Å². The van der Waals surface area contributed by atoms with E-state index in [0.29, 0.717) is 18.9 Å². The zero-order valence-corrected chi connectivity index (χ0v) is 14.5. The van der Waals surface area contributed by atoms with E-state index in [1.54, 1.807) is 4.90 Å². The number of nitrogens with one attached hydrogen (secondary N) is 1. The minimum absolute atomic E-state index is 0.0875. The van der Waals surface area contributed by atoms with E-state index in [1.165, 1.54) is 12.0 Å². The summed E-state index contributed by atoms with van der Waals surface area (Å²) in [7, 11) is 2.13. The highest BCUT2D eigenvalue weighted by atomic mass is 16.2. The van der Waals surface area contributed by atoms with Gasteiger partial charge in [0.05, 0.1) is 0 Å². The molecule has 3 aliphatic heterocycles. The lowest BCUT2D eigenvalue weighted by molar-refractivity contribution is -0.136. The fourth-order valence-electron chi connectivity index (χ4n) is 4.26. The molecule has 0 aromatic heterocycles. The third-order valence-corrected chi connectivity index (χ3v) is 5.65. The zero-order chi connectivity index (χ0) is 17.6. The van der Waals surface area contributed by atoms with Crippen LogP contribution in [0.15, 0.2) is 18.2 Å². The SMILES string of the molecule is CN1CCCC(c2ccc3c(c2)C(=O)N(C2CCC(=O)NC2=O)C3)C1. The van der Waals surface area contributed by atoms with Crippen molar-refractivity contribution < 1.29 is 14.4 Å². The van der Waals surface area contributed by atoms with Crippen LogP contribution in [0, 0.1) is 0 Å². The molecule has 2 fully saturated rings. The first-order valence-corrected chi connectivity index (χ1v) is 8.99. The highest BCUT2D eigenvalue weighted by Gasteiger charge is 2.39. The second kappa shape index (κ2) is 6.26. The maximum absolute atomic E-state index is 12.9. The van der Waals surface area contributed by atoms with E-state index in [-0.39, 0.29) is 24.1 Å². The molecule has 132 valence electrons. The van der Waals surface area contributed by atoms with Gasteiger partial charge in [-0.25, -0.2) is 0 Å². The second-order valence-electron chi connectivity index (χ2n) is 7.42. The van der Waals surface area contributed by atoms with Gasteiger partial charge in [-0.05, 0) is 56.0 Å². The van der Waals surface area contributed by atoms with E-state index in [4.69, 9.17) is 0 Å².